The summed E-state index contributed by atoms with van der Waals surface area (Å²) < 4.78 is 47.2. The van der Waals surface area contributed by atoms with Crippen molar-refractivity contribution in [2.75, 3.05) is 5.32 Å². The molecular formula is C19H12F3NO4. The van der Waals surface area contributed by atoms with Crippen molar-refractivity contribution in [3.8, 4) is 11.5 Å². The van der Waals surface area contributed by atoms with Crippen molar-refractivity contribution in [2.24, 2.45) is 0 Å². The Morgan fingerprint density at radius 1 is 0.889 bits per heavy atom. The monoisotopic (exact) mass is 375 g/mol. The predicted molar refractivity (Wildman–Crippen MR) is 90.9 cm³/mol. The Bertz CT molecular complexity index is 996. The smallest absolute Gasteiger partial charge is 0.449 e. The molecule has 0 atom stereocenters. The van der Waals surface area contributed by atoms with Crippen LogP contribution < -0.4 is 15.7 Å². The van der Waals surface area contributed by atoms with Crippen LogP contribution in [-0.4, -0.2) is 5.91 Å². The Hall–Kier alpha value is -3.55. The van der Waals surface area contributed by atoms with E-state index in [9.17, 15) is 22.8 Å². The second-order valence-corrected chi connectivity index (χ2v) is 5.39. The third-order valence-electron chi connectivity index (χ3n) is 3.45. The van der Waals surface area contributed by atoms with Gasteiger partial charge in [-0.25, -0.2) is 4.79 Å². The molecule has 1 amide bonds. The van der Waals surface area contributed by atoms with Gasteiger partial charge in [0, 0.05) is 5.56 Å². The number of para-hydroxylation sites is 1. The molecule has 1 N–H and O–H groups in total. The molecule has 0 unspecified atom stereocenters. The summed E-state index contributed by atoms with van der Waals surface area (Å²) in [5.41, 5.74) is -1.49. The molecule has 0 aliphatic heterocycles. The molecule has 0 saturated heterocycles. The molecule has 0 radical (unpaired) electrons. The molecule has 138 valence electrons. The normalized spacial score (nSPS) is 11.1. The van der Waals surface area contributed by atoms with Crippen molar-refractivity contribution >= 4 is 11.6 Å². The quantitative estimate of drug-likeness (QED) is 0.718. The van der Waals surface area contributed by atoms with Crippen LogP contribution in [0.4, 0.5) is 18.9 Å². The average Bonchev–Trinajstić information content (AvgIpc) is 2.64. The van der Waals surface area contributed by atoms with E-state index in [-0.39, 0.29) is 5.56 Å². The molecule has 0 bridgehead atoms. The highest BCUT2D eigenvalue weighted by molar-refractivity contribution is 6.04. The van der Waals surface area contributed by atoms with Crippen molar-refractivity contribution in [1.82, 2.24) is 0 Å². The SMILES string of the molecule is O=C(Nc1ccc(C(F)(F)F)oc1=O)c1ccc(Oc2ccccc2)cc1. The number of carbonyl (C=O) groups excluding carboxylic acids is 1. The first-order valence-corrected chi connectivity index (χ1v) is 7.68. The van der Waals surface area contributed by atoms with Gasteiger partial charge in [0.1, 0.15) is 17.2 Å². The number of amides is 1. The highest BCUT2D eigenvalue weighted by atomic mass is 19.4. The molecule has 5 nitrogen and oxygen atoms in total. The van der Waals surface area contributed by atoms with Gasteiger partial charge in [0.05, 0.1) is 0 Å². The third kappa shape index (κ3) is 4.55. The summed E-state index contributed by atoms with van der Waals surface area (Å²) in [6.45, 7) is 0. The number of anilines is 1. The molecule has 0 fully saturated rings. The second kappa shape index (κ2) is 7.36. The molecule has 1 heterocycles. The van der Waals surface area contributed by atoms with Gasteiger partial charge in [0.25, 0.3) is 5.91 Å². The molecule has 0 spiro atoms. The highest BCUT2D eigenvalue weighted by Gasteiger charge is 2.34. The fourth-order valence-corrected chi connectivity index (χ4v) is 2.15. The Morgan fingerprint density at radius 2 is 1.52 bits per heavy atom. The number of halogens is 3. The largest absolute Gasteiger partial charge is 0.457 e. The standard InChI is InChI=1S/C19H12F3NO4/c20-19(21,22)16-11-10-15(18(25)27-16)23-17(24)12-6-8-14(9-7-12)26-13-4-2-1-3-5-13/h1-11H,(H,23,24). The van der Waals surface area contributed by atoms with Crippen LogP contribution in [-0.2, 0) is 6.18 Å². The second-order valence-electron chi connectivity index (χ2n) is 5.39. The zero-order chi connectivity index (χ0) is 19.4. The zero-order valence-electron chi connectivity index (χ0n) is 13.6. The van der Waals surface area contributed by atoms with Crippen LogP contribution >= 0.6 is 0 Å². The minimum Gasteiger partial charge on any atom is -0.457 e. The number of alkyl halides is 3. The summed E-state index contributed by atoms with van der Waals surface area (Å²) in [4.78, 5) is 23.8. The Balaban J connectivity index is 1.70. The van der Waals surface area contributed by atoms with E-state index in [4.69, 9.17) is 4.74 Å². The fourth-order valence-electron chi connectivity index (χ4n) is 2.15. The summed E-state index contributed by atoms with van der Waals surface area (Å²) in [6, 6.07) is 16.5. The van der Waals surface area contributed by atoms with E-state index in [0.717, 1.165) is 6.07 Å². The number of carbonyl (C=O) groups is 1. The molecule has 2 aromatic carbocycles. The highest BCUT2D eigenvalue weighted by Crippen LogP contribution is 2.28. The third-order valence-corrected chi connectivity index (χ3v) is 3.45. The molecule has 3 aromatic rings. The van der Waals surface area contributed by atoms with Crippen LogP contribution in [0.5, 0.6) is 11.5 Å². The van der Waals surface area contributed by atoms with Crippen LogP contribution in [0, 0.1) is 0 Å². The lowest BCUT2D eigenvalue weighted by atomic mass is 10.2. The van der Waals surface area contributed by atoms with E-state index < -0.39 is 29.2 Å². The van der Waals surface area contributed by atoms with Crippen LogP contribution in [0.15, 0.2) is 75.9 Å². The molecular weight excluding hydrogens is 363 g/mol. The van der Waals surface area contributed by atoms with Crippen molar-refractivity contribution in [3.63, 3.8) is 0 Å². The van der Waals surface area contributed by atoms with Gasteiger partial charge in [-0.1, -0.05) is 18.2 Å². The van der Waals surface area contributed by atoms with E-state index in [1.165, 1.54) is 12.1 Å². The van der Waals surface area contributed by atoms with Gasteiger partial charge >= 0.3 is 11.8 Å². The molecule has 8 heteroatoms. The topological polar surface area (TPSA) is 68.5 Å². The van der Waals surface area contributed by atoms with Crippen molar-refractivity contribution in [3.05, 3.63) is 88.5 Å². The van der Waals surface area contributed by atoms with E-state index >= 15 is 0 Å². The van der Waals surface area contributed by atoms with Gasteiger partial charge in [-0.3, -0.25) is 4.79 Å². The lowest BCUT2D eigenvalue weighted by Crippen LogP contribution is -2.19. The molecule has 0 saturated carbocycles. The van der Waals surface area contributed by atoms with Crippen molar-refractivity contribution in [1.29, 1.82) is 0 Å². The number of rotatable bonds is 4. The van der Waals surface area contributed by atoms with E-state index in [1.54, 1.807) is 24.3 Å². The van der Waals surface area contributed by atoms with Crippen molar-refractivity contribution in [2.45, 2.75) is 6.18 Å². The predicted octanol–water partition coefficient (Wildman–Crippen LogP) is 4.70. The molecule has 27 heavy (non-hydrogen) atoms. The summed E-state index contributed by atoms with van der Waals surface area (Å²) in [5.74, 6) is -0.995. The minimum absolute atomic E-state index is 0.190. The van der Waals surface area contributed by atoms with E-state index in [1.807, 2.05) is 18.2 Å². The molecule has 0 aliphatic carbocycles. The molecule has 0 aliphatic rings. The van der Waals surface area contributed by atoms with Gasteiger partial charge < -0.3 is 14.5 Å². The van der Waals surface area contributed by atoms with Crippen LogP contribution in [0.1, 0.15) is 16.1 Å². The number of ether oxygens (including phenoxy) is 1. The van der Waals surface area contributed by atoms with Gasteiger partial charge in [-0.15, -0.1) is 0 Å². The number of hydrogen-bond donors (Lipinski definition) is 1. The maximum Gasteiger partial charge on any atom is 0.449 e. The lowest BCUT2D eigenvalue weighted by Gasteiger charge is -2.08. The van der Waals surface area contributed by atoms with Gasteiger partial charge in [-0.2, -0.15) is 13.2 Å². The van der Waals surface area contributed by atoms with E-state index in [0.29, 0.717) is 17.6 Å². The van der Waals surface area contributed by atoms with Gasteiger partial charge in [0.2, 0.25) is 5.76 Å². The van der Waals surface area contributed by atoms with Gasteiger partial charge in [0.15, 0.2) is 0 Å². The first-order valence-electron chi connectivity index (χ1n) is 7.68. The Morgan fingerprint density at radius 3 is 2.11 bits per heavy atom. The minimum atomic E-state index is -4.78. The molecule has 3 rings (SSSR count). The Labute approximate surface area is 151 Å². The van der Waals surface area contributed by atoms with Crippen molar-refractivity contribution < 1.29 is 27.1 Å². The number of benzene rings is 2. The van der Waals surface area contributed by atoms with Gasteiger partial charge in [-0.05, 0) is 48.5 Å². The van der Waals surface area contributed by atoms with Crippen LogP contribution in [0.2, 0.25) is 0 Å². The van der Waals surface area contributed by atoms with Crippen LogP contribution in [0.25, 0.3) is 0 Å². The van der Waals surface area contributed by atoms with Crippen LogP contribution in [0.3, 0.4) is 0 Å². The Kier molecular flexibility index (Phi) is 4.98. The first-order chi connectivity index (χ1) is 12.8. The number of nitrogens with one attached hydrogen (secondary N) is 1. The zero-order valence-corrected chi connectivity index (χ0v) is 13.6. The maximum absolute atomic E-state index is 12.5. The average molecular weight is 375 g/mol. The molecule has 1 aromatic heterocycles. The van der Waals surface area contributed by atoms with E-state index in [2.05, 4.69) is 9.73 Å². The lowest BCUT2D eigenvalue weighted by molar-refractivity contribution is -0.154. The fraction of sp³-hybridized carbons (Fsp3) is 0.0526. The maximum atomic E-state index is 12.5. The summed E-state index contributed by atoms with van der Waals surface area (Å²) in [6.07, 6.45) is -4.78. The summed E-state index contributed by atoms with van der Waals surface area (Å²) in [5, 5.41) is 2.22. The first kappa shape index (κ1) is 18.2. The number of hydrogen-bond acceptors (Lipinski definition) is 4. The summed E-state index contributed by atoms with van der Waals surface area (Å²) in [7, 11) is 0. The summed E-state index contributed by atoms with van der Waals surface area (Å²) >= 11 is 0.